The van der Waals surface area contributed by atoms with E-state index in [0.717, 1.165) is 10.7 Å². The van der Waals surface area contributed by atoms with Crippen LogP contribution in [0.1, 0.15) is 34.0 Å². The number of hydrogen-bond acceptors (Lipinski definition) is 5. The lowest BCUT2D eigenvalue weighted by atomic mass is 10.1. The molecular weight excluding hydrogens is 260 g/mol. The largest absolute Gasteiger partial charge is 0.397 e. The number of anilines is 2. The molecule has 0 fully saturated rings. The molecule has 0 spiro atoms. The van der Waals surface area contributed by atoms with Gasteiger partial charge < -0.3 is 16.8 Å². The van der Waals surface area contributed by atoms with E-state index >= 15 is 0 Å². The molecule has 1 aromatic carbocycles. The van der Waals surface area contributed by atoms with Crippen LogP contribution in [0.15, 0.2) is 23.6 Å². The first kappa shape index (κ1) is 13.4. The summed E-state index contributed by atoms with van der Waals surface area (Å²) in [5.41, 5.74) is 13.8. The number of aromatic nitrogens is 1. The van der Waals surface area contributed by atoms with E-state index in [1.54, 1.807) is 29.5 Å². The van der Waals surface area contributed by atoms with Crippen molar-refractivity contribution < 1.29 is 4.79 Å². The molecule has 1 heterocycles. The lowest BCUT2D eigenvalue weighted by Gasteiger charge is -2.15. The Bertz CT molecular complexity index is 608. The third-order valence-electron chi connectivity index (χ3n) is 2.72. The van der Waals surface area contributed by atoms with E-state index in [4.69, 9.17) is 11.5 Å². The summed E-state index contributed by atoms with van der Waals surface area (Å²) < 4.78 is 0. The number of nitrogen functional groups attached to an aromatic ring is 1. The molecule has 100 valence electrons. The summed E-state index contributed by atoms with van der Waals surface area (Å²) in [6.45, 7) is 3.95. The number of rotatable bonds is 4. The molecule has 1 amide bonds. The van der Waals surface area contributed by atoms with Crippen LogP contribution < -0.4 is 16.8 Å². The van der Waals surface area contributed by atoms with Gasteiger partial charge in [0, 0.05) is 16.6 Å². The molecule has 19 heavy (non-hydrogen) atoms. The van der Waals surface area contributed by atoms with Gasteiger partial charge in [0.15, 0.2) is 0 Å². The minimum Gasteiger partial charge on any atom is -0.397 e. The van der Waals surface area contributed by atoms with Crippen LogP contribution in [-0.2, 0) is 0 Å². The summed E-state index contributed by atoms with van der Waals surface area (Å²) in [6.07, 6.45) is 0. The molecule has 0 saturated carbocycles. The number of nitrogens with zero attached hydrogens (tertiary/aromatic N) is 1. The number of primary amides is 1. The van der Waals surface area contributed by atoms with Gasteiger partial charge in [-0.25, -0.2) is 4.98 Å². The van der Waals surface area contributed by atoms with E-state index in [0.29, 0.717) is 16.9 Å². The number of aryl methyl sites for hydroxylation is 1. The Labute approximate surface area is 115 Å². The number of thiazole rings is 1. The standard InChI is InChI=1S/C13H16N4OS/c1-7-6-19-13(16-7)8(2)17-11-5-9(12(15)18)3-4-10(11)14/h3-6,8,17H,14H2,1-2H3,(H2,15,18). The third-order valence-corrected chi connectivity index (χ3v) is 3.86. The topological polar surface area (TPSA) is 94.0 Å². The smallest absolute Gasteiger partial charge is 0.248 e. The molecule has 0 radical (unpaired) electrons. The van der Waals surface area contributed by atoms with E-state index in [2.05, 4.69) is 10.3 Å². The molecule has 0 bridgehead atoms. The van der Waals surface area contributed by atoms with Crippen LogP contribution in [0.5, 0.6) is 0 Å². The van der Waals surface area contributed by atoms with Gasteiger partial charge >= 0.3 is 0 Å². The Balaban J connectivity index is 2.22. The first-order valence-corrected chi connectivity index (χ1v) is 6.73. The molecule has 6 heteroatoms. The number of hydrogen-bond donors (Lipinski definition) is 3. The van der Waals surface area contributed by atoms with Crippen molar-refractivity contribution in [1.82, 2.24) is 4.98 Å². The lowest BCUT2D eigenvalue weighted by Crippen LogP contribution is -2.13. The van der Waals surface area contributed by atoms with Gasteiger partial charge in [0.2, 0.25) is 5.91 Å². The predicted molar refractivity (Wildman–Crippen MR) is 78.3 cm³/mol. The minimum absolute atomic E-state index is 0.0177. The van der Waals surface area contributed by atoms with Crippen molar-refractivity contribution in [2.45, 2.75) is 19.9 Å². The fourth-order valence-electron chi connectivity index (χ4n) is 1.70. The van der Waals surface area contributed by atoms with Gasteiger partial charge in [0.25, 0.3) is 0 Å². The summed E-state index contributed by atoms with van der Waals surface area (Å²) >= 11 is 1.59. The summed E-state index contributed by atoms with van der Waals surface area (Å²) in [5, 5.41) is 6.22. The van der Waals surface area contributed by atoms with Crippen LogP contribution in [0.3, 0.4) is 0 Å². The van der Waals surface area contributed by atoms with Crippen molar-refractivity contribution >= 4 is 28.6 Å². The number of amides is 1. The van der Waals surface area contributed by atoms with Gasteiger partial charge in [0.05, 0.1) is 17.4 Å². The van der Waals surface area contributed by atoms with E-state index < -0.39 is 5.91 Å². The van der Waals surface area contributed by atoms with Gasteiger partial charge in [-0.2, -0.15) is 0 Å². The molecule has 5 nitrogen and oxygen atoms in total. The molecule has 2 rings (SSSR count). The monoisotopic (exact) mass is 276 g/mol. The second-order valence-electron chi connectivity index (χ2n) is 4.36. The molecule has 1 unspecified atom stereocenters. The highest BCUT2D eigenvalue weighted by Gasteiger charge is 2.12. The van der Waals surface area contributed by atoms with Crippen LogP contribution >= 0.6 is 11.3 Å². The molecular formula is C13H16N4OS. The average molecular weight is 276 g/mol. The van der Waals surface area contributed by atoms with Gasteiger partial charge in [0.1, 0.15) is 5.01 Å². The van der Waals surface area contributed by atoms with Crippen LogP contribution in [0.2, 0.25) is 0 Å². The zero-order valence-electron chi connectivity index (χ0n) is 10.8. The summed E-state index contributed by atoms with van der Waals surface area (Å²) in [4.78, 5) is 15.6. The van der Waals surface area contributed by atoms with Crippen LogP contribution in [-0.4, -0.2) is 10.9 Å². The summed E-state index contributed by atoms with van der Waals surface area (Å²) in [5.74, 6) is -0.471. The Morgan fingerprint density at radius 3 is 2.79 bits per heavy atom. The van der Waals surface area contributed by atoms with Crippen molar-refractivity contribution in [2.24, 2.45) is 5.73 Å². The first-order chi connectivity index (χ1) is 8.97. The Hall–Kier alpha value is -2.08. The number of nitrogens with two attached hydrogens (primary N) is 2. The van der Waals surface area contributed by atoms with Gasteiger partial charge in [-0.1, -0.05) is 0 Å². The second-order valence-corrected chi connectivity index (χ2v) is 5.25. The maximum Gasteiger partial charge on any atom is 0.248 e. The zero-order valence-corrected chi connectivity index (χ0v) is 11.6. The van der Waals surface area contributed by atoms with Gasteiger partial charge in [-0.3, -0.25) is 4.79 Å². The van der Waals surface area contributed by atoms with Crippen LogP contribution in [0.4, 0.5) is 11.4 Å². The summed E-state index contributed by atoms with van der Waals surface area (Å²) in [6, 6.07) is 4.96. The van der Waals surface area contributed by atoms with Crippen molar-refractivity contribution in [1.29, 1.82) is 0 Å². The minimum atomic E-state index is -0.471. The molecule has 5 N–H and O–H groups in total. The molecule has 1 aromatic heterocycles. The lowest BCUT2D eigenvalue weighted by molar-refractivity contribution is 0.100. The first-order valence-electron chi connectivity index (χ1n) is 5.85. The molecule has 0 aliphatic heterocycles. The molecule has 0 saturated heterocycles. The second kappa shape index (κ2) is 5.27. The zero-order chi connectivity index (χ0) is 14.0. The number of nitrogens with one attached hydrogen (secondary N) is 1. The van der Waals surface area contributed by atoms with E-state index in [1.807, 2.05) is 19.2 Å². The average Bonchev–Trinajstić information content (AvgIpc) is 2.78. The maximum absolute atomic E-state index is 11.2. The van der Waals surface area contributed by atoms with Crippen molar-refractivity contribution in [2.75, 3.05) is 11.1 Å². The Morgan fingerprint density at radius 2 is 2.21 bits per heavy atom. The Kier molecular flexibility index (Phi) is 3.71. The number of carbonyl (C=O) groups is 1. The quantitative estimate of drug-likeness (QED) is 0.747. The van der Waals surface area contributed by atoms with E-state index in [9.17, 15) is 4.79 Å². The molecule has 0 aliphatic carbocycles. The van der Waals surface area contributed by atoms with Crippen molar-refractivity contribution in [3.05, 3.63) is 39.8 Å². The fraction of sp³-hybridized carbons (Fsp3) is 0.231. The fourth-order valence-corrected chi connectivity index (χ4v) is 2.50. The van der Waals surface area contributed by atoms with Gasteiger partial charge in [-0.15, -0.1) is 11.3 Å². The maximum atomic E-state index is 11.2. The SMILES string of the molecule is Cc1csc(C(C)Nc2cc(C(N)=O)ccc2N)n1. The van der Waals surface area contributed by atoms with Crippen molar-refractivity contribution in [3.8, 4) is 0 Å². The highest BCUT2D eigenvalue weighted by molar-refractivity contribution is 7.09. The summed E-state index contributed by atoms with van der Waals surface area (Å²) in [7, 11) is 0. The predicted octanol–water partition coefficient (Wildman–Crippen LogP) is 2.31. The molecule has 1 atom stereocenters. The van der Waals surface area contributed by atoms with Crippen LogP contribution in [0, 0.1) is 6.92 Å². The number of carbonyl (C=O) groups excluding carboxylic acids is 1. The molecule has 0 aliphatic rings. The Morgan fingerprint density at radius 1 is 1.47 bits per heavy atom. The third kappa shape index (κ3) is 3.03. The van der Waals surface area contributed by atoms with Gasteiger partial charge in [-0.05, 0) is 32.0 Å². The highest BCUT2D eigenvalue weighted by atomic mass is 32.1. The van der Waals surface area contributed by atoms with E-state index in [-0.39, 0.29) is 6.04 Å². The number of benzene rings is 1. The normalized spacial score (nSPS) is 12.1. The highest BCUT2D eigenvalue weighted by Crippen LogP contribution is 2.26. The van der Waals surface area contributed by atoms with Crippen molar-refractivity contribution in [3.63, 3.8) is 0 Å². The molecule has 2 aromatic rings. The van der Waals surface area contributed by atoms with E-state index in [1.165, 1.54) is 0 Å². The van der Waals surface area contributed by atoms with Crippen LogP contribution in [0.25, 0.3) is 0 Å².